The van der Waals surface area contributed by atoms with Crippen LogP contribution < -0.4 is 21.7 Å². The van der Waals surface area contributed by atoms with Crippen LogP contribution in [0.5, 0.6) is 0 Å². The molecule has 0 aliphatic heterocycles. The molecule has 0 aliphatic rings. The fourth-order valence-electron chi connectivity index (χ4n) is 2.33. The highest BCUT2D eigenvalue weighted by Gasteiger charge is 2.15. The number of nitrogens with two attached hydrogens (primary N) is 1. The molecular weight excluding hydrogens is 359 g/mol. The van der Waals surface area contributed by atoms with E-state index < -0.39 is 6.67 Å². The molecule has 0 aliphatic carbocycles. The van der Waals surface area contributed by atoms with E-state index in [1.165, 1.54) is 6.33 Å². The largest absolute Gasteiger partial charge is 0.403 e. The lowest BCUT2D eigenvalue weighted by molar-refractivity contribution is 0.538. The average molecular weight is 375 g/mol. The van der Waals surface area contributed by atoms with E-state index in [1.807, 2.05) is 6.92 Å². The lowest BCUT2D eigenvalue weighted by Crippen LogP contribution is -2.23. The van der Waals surface area contributed by atoms with E-state index in [0.717, 1.165) is 5.56 Å². The number of imidazole rings is 1. The first kappa shape index (κ1) is 17.7. The Morgan fingerprint density at radius 2 is 2.27 bits per heavy atom. The summed E-state index contributed by atoms with van der Waals surface area (Å²) >= 11 is 5.98. The molecule has 2 heterocycles. The highest BCUT2D eigenvalue weighted by molar-refractivity contribution is 6.30. The van der Waals surface area contributed by atoms with Crippen molar-refractivity contribution in [3.63, 3.8) is 0 Å². The highest BCUT2D eigenvalue weighted by atomic mass is 35.5. The predicted octanol–water partition coefficient (Wildman–Crippen LogP) is 2.02. The predicted molar refractivity (Wildman–Crippen MR) is 99.2 cm³/mol. The molecule has 0 radical (unpaired) electrons. The fraction of sp³-hybridized carbons (Fsp3) is 0.118. The van der Waals surface area contributed by atoms with Crippen molar-refractivity contribution >= 4 is 41.5 Å². The molecule has 7 nitrogen and oxygen atoms in total. The van der Waals surface area contributed by atoms with Gasteiger partial charge >= 0.3 is 6.01 Å². The van der Waals surface area contributed by atoms with Gasteiger partial charge in [0.05, 0.1) is 28.3 Å². The van der Waals surface area contributed by atoms with Gasteiger partial charge in [-0.25, -0.2) is 9.37 Å². The minimum Gasteiger partial charge on any atom is -0.403 e. The van der Waals surface area contributed by atoms with Crippen LogP contribution >= 0.6 is 11.6 Å². The molecule has 0 saturated carbocycles. The number of rotatable bonds is 5. The summed E-state index contributed by atoms with van der Waals surface area (Å²) in [6.45, 7) is 4.86. The van der Waals surface area contributed by atoms with Gasteiger partial charge in [-0.2, -0.15) is 0 Å². The second-order valence-electron chi connectivity index (χ2n) is 5.46. The smallest absolute Gasteiger partial charge is 0.313 e. The number of aryl methyl sites for hydroxylation is 1. The van der Waals surface area contributed by atoms with Crippen molar-refractivity contribution in [3.05, 3.63) is 57.4 Å². The molecular formula is C17H16ClFN6O. The first-order valence-electron chi connectivity index (χ1n) is 7.59. The molecule has 1 aromatic carbocycles. The molecule has 0 amide bonds. The summed E-state index contributed by atoms with van der Waals surface area (Å²) in [5.41, 5.74) is 7.61. The summed E-state index contributed by atoms with van der Waals surface area (Å²) in [5.74, 6) is 0.0725. The van der Waals surface area contributed by atoms with E-state index in [-0.39, 0.29) is 17.6 Å². The van der Waals surface area contributed by atoms with Gasteiger partial charge in [0.25, 0.3) is 5.89 Å². The average Bonchev–Trinajstić information content (AvgIpc) is 3.21. The van der Waals surface area contributed by atoms with Crippen LogP contribution in [0, 0.1) is 6.92 Å². The van der Waals surface area contributed by atoms with Gasteiger partial charge in [-0.3, -0.25) is 0 Å². The van der Waals surface area contributed by atoms with Crippen LogP contribution in [0.4, 0.5) is 16.1 Å². The fourth-order valence-corrected chi connectivity index (χ4v) is 2.55. The quantitative estimate of drug-likeness (QED) is 0.631. The first-order valence-corrected chi connectivity index (χ1v) is 7.97. The number of benzene rings is 1. The Balaban J connectivity index is 2.16. The van der Waals surface area contributed by atoms with E-state index in [4.69, 9.17) is 21.8 Å². The normalized spacial score (nSPS) is 13.0. The maximum absolute atomic E-state index is 13.9. The highest BCUT2D eigenvalue weighted by Crippen LogP contribution is 2.25. The number of alkyl halides is 1. The second-order valence-corrected chi connectivity index (χ2v) is 5.90. The summed E-state index contributed by atoms with van der Waals surface area (Å²) in [6, 6.07) is 5.13. The van der Waals surface area contributed by atoms with Crippen molar-refractivity contribution in [1.82, 2.24) is 20.2 Å². The van der Waals surface area contributed by atoms with Gasteiger partial charge in [-0.1, -0.05) is 23.3 Å². The van der Waals surface area contributed by atoms with Crippen molar-refractivity contribution in [2.75, 3.05) is 17.7 Å². The molecule has 26 heavy (non-hydrogen) atoms. The van der Waals surface area contributed by atoms with E-state index in [9.17, 15) is 4.39 Å². The summed E-state index contributed by atoms with van der Waals surface area (Å²) in [7, 11) is 0. The van der Waals surface area contributed by atoms with Gasteiger partial charge in [0, 0.05) is 10.7 Å². The first-order chi connectivity index (χ1) is 12.5. The number of aromatic amines is 1. The van der Waals surface area contributed by atoms with Crippen LogP contribution in [0.3, 0.4) is 0 Å². The lowest BCUT2D eigenvalue weighted by atomic mass is 10.1. The topological polar surface area (TPSA) is 106 Å². The SMILES string of the molecule is C=c1nc[nH]/c1=C/C(=C(\CF)Nc1ccc(Cl)cc1C)c1nnc(N)o1. The summed E-state index contributed by atoms with van der Waals surface area (Å²) in [5, 5.41) is 12.2. The standard InChI is InChI=1S/C17H16ClFN6O/c1-9-5-11(18)3-4-13(9)23-15(7-19)12(16-24-25-17(20)26-16)6-14-10(2)21-8-22-14/h3-6,8,23H,2,7H2,1H3,(H2,20,25)(H,21,22)/b14-6+,15-12-. The van der Waals surface area contributed by atoms with Crippen LogP contribution in [-0.2, 0) is 0 Å². The van der Waals surface area contributed by atoms with E-state index >= 15 is 0 Å². The molecule has 9 heteroatoms. The number of nitrogens with zero attached hydrogens (tertiary/aromatic N) is 3. The number of hydrogen-bond acceptors (Lipinski definition) is 6. The van der Waals surface area contributed by atoms with Crippen molar-refractivity contribution < 1.29 is 8.81 Å². The van der Waals surface area contributed by atoms with Gasteiger partial charge in [0.15, 0.2) is 0 Å². The van der Waals surface area contributed by atoms with Gasteiger partial charge in [0.1, 0.15) is 6.67 Å². The van der Waals surface area contributed by atoms with Gasteiger partial charge in [-0.05, 0) is 36.8 Å². The van der Waals surface area contributed by atoms with Crippen molar-refractivity contribution in [2.45, 2.75) is 6.92 Å². The monoisotopic (exact) mass is 374 g/mol. The Kier molecular flexibility index (Phi) is 5.04. The molecule has 0 bridgehead atoms. The Hall–Kier alpha value is -3.13. The number of allylic oxidation sites excluding steroid dienone is 2. The number of nitrogen functional groups attached to an aromatic ring is 1. The summed E-state index contributed by atoms with van der Waals surface area (Å²) < 4.78 is 19.2. The van der Waals surface area contributed by atoms with Crippen molar-refractivity contribution in [2.24, 2.45) is 0 Å². The number of halogens is 2. The number of nitrogens with one attached hydrogen (secondary N) is 2. The molecule has 0 saturated heterocycles. The third-order valence-electron chi connectivity index (χ3n) is 3.64. The van der Waals surface area contributed by atoms with Crippen LogP contribution in [0.2, 0.25) is 5.02 Å². The molecule has 0 fully saturated rings. The lowest BCUT2D eigenvalue weighted by Gasteiger charge is -2.13. The molecule has 3 rings (SSSR count). The zero-order chi connectivity index (χ0) is 18.7. The molecule has 4 N–H and O–H groups in total. The van der Waals surface area contributed by atoms with E-state index in [2.05, 4.69) is 32.1 Å². The number of H-pyrrole nitrogens is 1. The maximum atomic E-state index is 13.9. The molecule has 0 unspecified atom stereocenters. The van der Waals surface area contributed by atoms with Crippen molar-refractivity contribution in [1.29, 1.82) is 0 Å². The van der Waals surface area contributed by atoms with Crippen LogP contribution in [0.1, 0.15) is 11.5 Å². The third-order valence-corrected chi connectivity index (χ3v) is 3.88. The number of hydrogen-bond donors (Lipinski definition) is 3. The second kappa shape index (κ2) is 7.40. The van der Waals surface area contributed by atoms with Crippen LogP contribution in [0.25, 0.3) is 18.2 Å². The molecule has 2 aromatic heterocycles. The third kappa shape index (κ3) is 3.75. The van der Waals surface area contributed by atoms with Gasteiger partial charge < -0.3 is 20.5 Å². The zero-order valence-electron chi connectivity index (χ0n) is 13.9. The van der Waals surface area contributed by atoms with Crippen molar-refractivity contribution in [3.8, 4) is 0 Å². The van der Waals surface area contributed by atoms with E-state index in [1.54, 1.807) is 24.3 Å². The minimum absolute atomic E-state index is 0.0725. The summed E-state index contributed by atoms with van der Waals surface area (Å²) in [6.07, 6.45) is 3.11. The van der Waals surface area contributed by atoms with E-state index in [0.29, 0.717) is 27.0 Å². The Labute approximate surface area is 153 Å². The molecule has 134 valence electrons. The zero-order valence-corrected chi connectivity index (χ0v) is 14.6. The Morgan fingerprint density at radius 3 is 2.85 bits per heavy atom. The van der Waals surface area contributed by atoms with Crippen LogP contribution in [0.15, 0.2) is 34.6 Å². The molecule has 0 spiro atoms. The maximum Gasteiger partial charge on any atom is 0.313 e. The number of anilines is 2. The van der Waals surface area contributed by atoms with Gasteiger partial charge in [-0.15, -0.1) is 5.10 Å². The van der Waals surface area contributed by atoms with Crippen LogP contribution in [-0.4, -0.2) is 26.8 Å². The molecule has 0 atom stereocenters. The minimum atomic E-state index is -0.809. The molecule has 3 aromatic rings. The Bertz CT molecular complexity index is 1070. The number of aromatic nitrogens is 4. The van der Waals surface area contributed by atoms with Gasteiger partial charge in [0.2, 0.25) is 0 Å². The Morgan fingerprint density at radius 1 is 1.46 bits per heavy atom. The summed E-state index contributed by atoms with van der Waals surface area (Å²) in [4.78, 5) is 6.94.